The van der Waals surface area contributed by atoms with Crippen molar-refractivity contribution in [1.82, 2.24) is 0 Å². The van der Waals surface area contributed by atoms with Gasteiger partial charge in [0.05, 0.1) is 0 Å². The number of carbonyl (C=O) groups excluding carboxylic acids is 1. The molecule has 0 saturated heterocycles. The second kappa shape index (κ2) is 5.53. The average molecular weight is 230 g/mol. The third kappa shape index (κ3) is 5.42. The van der Waals surface area contributed by atoms with Crippen molar-refractivity contribution >= 4 is 14.0 Å². The minimum Gasteiger partial charge on any atom is -0.326 e. The first-order valence-electron chi connectivity index (χ1n) is 4.02. The lowest BCUT2D eigenvalue weighted by Crippen LogP contribution is -2.33. The predicted molar refractivity (Wildman–Crippen MR) is 46.6 cm³/mol. The van der Waals surface area contributed by atoms with Crippen LogP contribution in [0.25, 0.3) is 0 Å². The molecule has 0 aromatic heterocycles. The van der Waals surface area contributed by atoms with Gasteiger partial charge in [-0.3, -0.25) is 9.36 Å². The van der Waals surface area contributed by atoms with Crippen LogP contribution in [0.1, 0.15) is 20.3 Å². The lowest BCUT2D eigenvalue weighted by atomic mass is 10.0. The summed E-state index contributed by atoms with van der Waals surface area (Å²) in [5.41, 5.74) is 0. The average Bonchev–Trinajstić information content (AvgIpc) is 1.97. The number of hydrogen-bond acceptors (Lipinski definition) is 3. The Morgan fingerprint density at radius 1 is 1.57 bits per heavy atom. The summed E-state index contributed by atoms with van der Waals surface area (Å²) in [6.07, 6.45) is -0.582. The number of rotatable bonds is 6. The van der Waals surface area contributed by atoms with E-state index in [-0.39, 0.29) is 5.92 Å². The normalized spacial score (nSPS) is 14.4. The summed E-state index contributed by atoms with van der Waals surface area (Å²) in [5, 5.41) is 0. The lowest BCUT2D eigenvalue weighted by Gasteiger charge is -2.16. The Bertz CT molecular complexity index is 230. The van der Waals surface area contributed by atoms with E-state index in [1.54, 1.807) is 13.8 Å². The van der Waals surface area contributed by atoms with E-state index >= 15 is 0 Å². The van der Waals surface area contributed by atoms with Crippen LogP contribution < -0.4 is 0 Å². The third-order valence-corrected chi connectivity index (χ3v) is 1.79. The number of Topliss-reactive ketones (excluding diaryl/α,β-unsaturated/α-hetero) is 1. The first kappa shape index (κ1) is 13.7. The maximum atomic E-state index is 12.9. The number of carbonyl (C=O) groups is 1. The van der Waals surface area contributed by atoms with Crippen molar-refractivity contribution in [2.45, 2.75) is 26.2 Å². The molecule has 0 fully saturated rings. The number of alkyl halides is 2. The van der Waals surface area contributed by atoms with Crippen LogP contribution >= 0.6 is 8.25 Å². The highest BCUT2D eigenvalue weighted by Gasteiger charge is 2.38. The summed E-state index contributed by atoms with van der Waals surface area (Å²) in [7, 11) is -3.32. The molecule has 0 aliphatic rings. The lowest BCUT2D eigenvalue weighted by molar-refractivity contribution is -0.147. The van der Waals surface area contributed by atoms with Crippen molar-refractivity contribution in [1.29, 1.82) is 0 Å². The van der Waals surface area contributed by atoms with E-state index in [0.717, 1.165) is 0 Å². The zero-order chi connectivity index (χ0) is 11.4. The molecular formula is C7H13F2O4P. The molecule has 1 N–H and O–H groups in total. The second-order valence-electron chi connectivity index (χ2n) is 3.28. The van der Waals surface area contributed by atoms with Crippen molar-refractivity contribution in [3.63, 3.8) is 0 Å². The summed E-state index contributed by atoms with van der Waals surface area (Å²) in [5.74, 6) is -5.27. The minimum atomic E-state index is -3.48. The summed E-state index contributed by atoms with van der Waals surface area (Å²) in [4.78, 5) is 19.0. The highest BCUT2D eigenvalue weighted by molar-refractivity contribution is 7.32. The van der Waals surface area contributed by atoms with E-state index in [4.69, 9.17) is 4.89 Å². The zero-order valence-electron chi connectivity index (χ0n) is 7.92. The molecule has 0 heterocycles. The van der Waals surface area contributed by atoms with Gasteiger partial charge in [-0.1, -0.05) is 13.8 Å². The Kier molecular flexibility index (Phi) is 5.41. The van der Waals surface area contributed by atoms with E-state index in [0.29, 0.717) is 0 Å². The molecule has 0 spiro atoms. The highest BCUT2D eigenvalue weighted by atomic mass is 31.1. The molecule has 4 nitrogen and oxygen atoms in total. The van der Waals surface area contributed by atoms with E-state index < -0.39 is 33.0 Å². The van der Waals surface area contributed by atoms with Gasteiger partial charge in [-0.05, 0) is 5.92 Å². The minimum absolute atomic E-state index is 0.333. The molecule has 14 heavy (non-hydrogen) atoms. The summed E-state index contributed by atoms with van der Waals surface area (Å²) >= 11 is 0. The number of hydrogen-bond donors (Lipinski definition) is 1. The molecule has 0 rings (SSSR count). The van der Waals surface area contributed by atoms with E-state index in [1.807, 2.05) is 0 Å². The molecular weight excluding hydrogens is 217 g/mol. The van der Waals surface area contributed by atoms with Gasteiger partial charge in [0.2, 0.25) is 5.78 Å². The van der Waals surface area contributed by atoms with Gasteiger partial charge in [-0.15, -0.1) is 0 Å². The van der Waals surface area contributed by atoms with Crippen LogP contribution in [-0.2, 0) is 13.9 Å². The van der Waals surface area contributed by atoms with Gasteiger partial charge in [0.15, 0.2) is 0 Å². The van der Waals surface area contributed by atoms with Gasteiger partial charge in [-0.2, -0.15) is 8.78 Å². The van der Waals surface area contributed by atoms with Crippen LogP contribution in [0.4, 0.5) is 8.78 Å². The van der Waals surface area contributed by atoms with Crippen molar-refractivity contribution < 1.29 is 27.6 Å². The fourth-order valence-electron chi connectivity index (χ4n) is 0.859. The van der Waals surface area contributed by atoms with Crippen LogP contribution in [0.5, 0.6) is 0 Å². The Labute approximate surface area is 81.2 Å². The van der Waals surface area contributed by atoms with Gasteiger partial charge in [0.1, 0.15) is 6.61 Å². The largest absolute Gasteiger partial charge is 0.326 e. The van der Waals surface area contributed by atoms with Crippen molar-refractivity contribution in [3.05, 3.63) is 0 Å². The zero-order valence-corrected chi connectivity index (χ0v) is 8.92. The van der Waals surface area contributed by atoms with Crippen LogP contribution in [-0.4, -0.2) is 23.2 Å². The van der Waals surface area contributed by atoms with Gasteiger partial charge in [0.25, 0.3) is 0 Å². The fraction of sp³-hybridized carbons (Fsp3) is 0.857. The second-order valence-corrected chi connectivity index (χ2v) is 4.10. The Balaban J connectivity index is 4.14. The predicted octanol–water partition coefficient (Wildman–Crippen LogP) is 1.64. The van der Waals surface area contributed by atoms with Gasteiger partial charge in [-0.25, -0.2) is 0 Å². The Morgan fingerprint density at radius 2 is 2.07 bits per heavy atom. The van der Waals surface area contributed by atoms with E-state index in [2.05, 4.69) is 4.52 Å². The molecule has 1 unspecified atom stereocenters. The molecule has 0 bridgehead atoms. The molecule has 0 aliphatic carbocycles. The third-order valence-electron chi connectivity index (χ3n) is 1.40. The summed E-state index contributed by atoms with van der Waals surface area (Å²) < 4.78 is 39.8. The molecule has 0 radical (unpaired) electrons. The molecule has 7 heteroatoms. The molecule has 0 saturated carbocycles. The van der Waals surface area contributed by atoms with Crippen LogP contribution in [0.15, 0.2) is 0 Å². The quantitative estimate of drug-likeness (QED) is 0.704. The topological polar surface area (TPSA) is 63.6 Å². The van der Waals surface area contributed by atoms with Crippen LogP contribution in [0, 0.1) is 5.92 Å². The first-order valence-corrected chi connectivity index (χ1v) is 5.29. The first-order chi connectivity index (χ1) is 6.25. The standard InChI is InChI=1S/C7H13F2O4P/c1-5(2)3-7(8,9)6(10)4-13-14(11)12/h5,14H,3-4H2,1-2H3,(H,11,12). The molecule has 0 amide bonds. The molecule has 0 aromatic carbocycles. The fourth-order valence-corrected chi connectivity index (χ4v) is 1.11. The Hall–Kier alpha value is -0.320. The maximum absolute atomic E-state index is 12.9. The highest BCUT2D eigenvalue weighted by Crippen LogP contribution is 2.26. The molecule has 84 valence electrons. The molecule has 1 atom stereocenters. The molecule has 0 aromatic rings. The van der Waals surface area contributed by atoms with E-state index in [1.165, 1.54) is 0 Å². The van der Waals surface area contributed by atoms with Gasteiger partial charge < -0.3 is 9.42 Å². The molecule has 0 aliphatic heterocycles. The monoisotopic (exact) mass is 230 g/mol. The van der Waals surface area contributed by atoms with Crippen molar-refractivity contribution in [3.8, 4) is 0 Å². The van der Waals surface area contributed by atoms with Gasteiger partial charge in [0, 0.05) is 6.42 Å². The SMILES string of the molecule is CC(C)CC(F)(F)C(=O)CO[PH](=O)O. The summed E-state index contributed by atoms with van der Waals surface area (Å²) in [6.45, 7) is 2.09. The summed E-state index contributed by atoms with van der Waals surface area (Å²) in [6, 6.07) is 0. The Morgan fingerprint density at radius 3 is 2.43 bits per heavy atom. The van der Waals surface area contributed by atoms with Crippen molar-refractivity contribution in [2.75, 3.05) is 6.61 Å². The van der Waals surface area contributed by atoms with Gasteiger partial charge >= 0.3 is 14.2 Å². The smallest absolute Gasteiger partial charge is 0.317 e. The van der Waals surface area contributed by atoms with Crippen LogP contribution in [0.3, 0.4) is 0 Å². The maximum Gasteiger partial charge on any atom is 0.317 e. The van der Waals surface area contributed by atoms with E-state index in [9.17, 15) is 18.1 Å². The van der Waals surface area contributed by atoms with Crippen LogP contribution in [0.2, 0.25) is 0 Å². The van der Waals surface area contributed by atoms with Crippen molar-refractivity contribution in [2.24, 2.45) is 5.92 Å². The number of halogens is 2. The number of ketones is 1.